The van der Waals surface area contributed by atoms with E-state index in [1.165, 1.54) is 36.4 Å². The van der Waals surface area contributed by atoms with E-state index in [1.54, 1.807) is 0 Å². The number of para-hydroxylation sites is 1. The van der Waals surface area contributed by atoms with Gasteiger partial charge >= 0.3 is 0 Å². The molecule has 2 aromatic carbocycles. The van der Waals surface area contributed by atoms with Crippen LogP contribution in [0.4, 0.5) is 14.5 Å². The monoisotopic (exact) mass is 325 g/mol. The number of hydrogen-bond acceptors (Lipinski definition) is 3. The van der Waals surface area contributed by atoms with E-state index < -0.39 is 38.9 Å². The molecule has 0 atom stereocenters. The maximum atomic E-state index is 13.4. The summed E-state index contributed by atoms with van der Waals surface area (Å²) in [5.41, 5.74) is -0.116. The van der Waals surface area contributed by atoms with Crippen LogP contribution in [0.15, 0.2) is 48.5 Å². The zero-order valence-corrected chi connectivity index (χ0v) is 12.2. The van der Waals surface area contributed by atoms with E-state index in [4.69, 9.17) is 0 Å². The van der Waals surface area contributed by atoms with Crippen LogP contribution in [0, 0.1) is 11.6 Å². The van der Waals surface area contributed by atoms with Gasteiger partial charge in [-0.15, -0.1) is 0 Å². The van der Waals surface area contributed by atoms with Crippen molar-refractivity contribution in [1.82, 2.24) is 0 Å². The highest BCUT2D eigenvalue weighted by Gasteiger charge is 2.19. The molecule has 0 fully saturated rings. The largest absolute Gasteiger partial charge is 0.323 e. The van der Waals surface area contributed by atoms with Crippen LogP contribution in [0.5, 0.6) is 0 Å². The molecule has 116 valence electrons. The number of sulfone groups is 1. The van der Waals surface area contributed by atoms with Gasteiger partial charge < -0.3 is 5.32 Å². The minimum absolute atomic E-state index is 0.0128. The van der Waals surface area contributed by atoms with E-state index in [-0.39, 0.29) is 11.3 Å². The number of carbonyl (C=O) groups excluding carboxylic acids is 1. The summed E-state index contributed by atoms with van der Waals surface area (Å²) in [5.74, 6) is -3.63. The van der Waals surface area contributed by atoms with Crippen molar-refractivity contribution in [3.8, 4) is 0 Å². The van der Waals surface area contributed by atoms with Crippen molar-refractivity contribution in [2.75, 3.05) is 11.1 Å². The SMILES string of the molecule is O=C(CS(=O)(=O)Cc1ccccc1F)Nc1ccccc1F. The molecule has 0 saturated heterocycles. The Morgan fingerprint density at radius 2 is 1.55 bits per heavy atom. The number of carbonyl (C=O) groups is 1. The van der Waals surface area contributed by atoms with Gasteiger partial charge in [-0.05, 0) is 18.2 Å². The standard InChI is InChI=1S/C15H13F2NO3S/c16-12-6-2-1-5-11(12)9-22(20,21)10-15(19)18-14-8-4-3-7-13(14)17/h1-8H,9-10H2,(H,18,19). The molecule has 0 aliphatic rings. The van der Waals surface area contributed by atoms with Gasteiger partial charge in [-0.3, -0.25) is 4.79 Å². The smallest absolute Gasteiger partial charge is 0.239 e. The van der Waals surface area contributed by atoms with Gasteiger partial charge in [0.1, 0.15) is 17.4 Å². The minimum Gasteiger partial charge on any atom is -0.323 e. The van der Waals surface area contributed by atoms with Gasteiger partial charge in [0.05, 0.1) is 11.4 Å². The zero-order chi connectivity index (χ0) is 16.2. The molecule has 2 rings (SSSR count). The molecule has 0 aromatic heterocycles. The van der Waals surface area contributed by atoms with Crippen LogP contribution in [-0.2, 0) is 20.4 Å². The molecule has 0 spiro atoms. The summed E-state index contributed by atoms with van der Waals surface area (Å²) >= 11 is 0. The molecule has 0 saturated carbocycles. The van der Waals surface area contributed by atoms with Crippen LogP contribution >= 0.6 is 0 Å². The first kappa shape index (κ1) is 16.1. The summed E-state index contributed by atoms with van der Waals surface area (Å²) in [6.45, 7) is 0. The molecule has 4 nitrogen and oxygen atoms in total. The molecule has 2 aromatic rings. The Morgan fingerprint density at radius 1 is 0.955 bits per heavy atom. The Labute approximate surface area is 126 Å². The third kappa shape index (κ3) is 4.36. The molecule has 0 heterocycles. The molecule has 0 aliphatic heterocycles. The highest BCUT2D eigenvalue weighted by molar-refractivity contribution is 7.91. The van der Waals surface area contributed by atoms with Crippen molar-refractivity contribution in [1.29, 1.82) is 0 Å². The Hall–Kier alpha value is -2.28. The van der Waals surface area contributed by atoms with E-state index >= 15 is 0 Å². The molecule has 22 heavy (non-hydrogen) atoms. The number of anilines is 1. The fourth-order valence-electron chi connectivity index (χ4n) is 1.85. The van der Waals surface area contributed by atoms with Gasteiger partial charge in [0, 0.05) is 5.56 Å². The summed E-state index contributed by atoms with van der Waals surface area (Å²) < 4.78 is 50.6. The van der Waals surface area contributed by atoms with Gasteiger partial charge in [0.25, 0.3) is 0 Å². The van der Waals surface area contributed by atoms with Crippen molar-refractivity contribution >= 4 is 21.4 Å². The van der Waals surface area contributed by atoms with Crippen LogP contribution < -0.4 is 5.32 Å². The Balaban J connectivity index is 2.04. The summed E-state index contributed by atoms with van der Waals surface area (Å²) in [4.78, 5) is 11.7. The first-order valence-electron chi connectivity index (χ1n) is 6.35. The lowest BCUT2D eigenvalue weighted by Crippen LogP contribution is -2.24. The van der Waals surface area contributed by atoms with E-state index in [0.29, 0.717) is 0 Å². The molecule has 0 radical (unpaired) electrons. The predicted molar refractivity (Wildman–Crippen MR) is 78.9 cm³/mol. The van der Waals surface area contributed by atoms with Crippen LogP contribution in [-0.4, -0.2) is 20.1 Å². The summed E-state index contributed by atoms with van der Waals surface area (Å²) in [6.07, 6.45) is 0. The van der Waals surface area contributed by atoms with Crippen LogP contribution in [0.3, 0.4) is 0 Å². The first-order valence-corrected chi connectivity index (χ1v) is 8.18. The second-order valence-corrected chi connectivity index (χ2v) is 6.72. The fourth-order valence-corrected chi connectivity index (χ4v) is 3.13. The highest BCUT2D eigenvalue weighted by Crippen LogP contribution is 2.14. The van der Waals surface area contributed by atoms with Gasteiger partial charge in [-0.2, -0.15) is 0 Å². The summed E-state index contributed by atoms with van der Waals surface area (Å²) in [6, 6.07) is 10.8. The van der Waals surface area contributed by atoms with Crippen molar-refractivity contribution < 1.29 is 22.0 Å². The van der Waals surface area contributed by atoms with Crippen LogP contribution in [0.25, 0.3) is 0 Å². The molecular weight excluding hydrogens is 312 g/mol. The van der Waals surface area contributed by atoms with Crippen molar-refractivity contribution in [3.05, 3.63) is 65.7 Å². The molecular formula is C15H13F2NO3S. The Bertz CT molecular complexity index is 791. The van der Waals surface area contributed by atoms with Crippen molar-refractivity contribution in [2.24, 2.45) is 0 Å². The Kier molecular flexibility index (Phi) is 4.87. The van der Waals surface area contributed by atoms with E-state index in [2.05, 4.69) is 5.32 Å². The lowest BCUT2D eigenvalue weighted by Gasteiger charge is -2.07. The second kappa shape index (κ2) is 6.65. The average Bonchev–Trinajstić information content (AvgIpc) is 2.43. The van der Waals surface area contributed by atoms with E-state index in [9.17, 15) is 22.0 Å². The van der Waals surface area contributed by atoms with Crippen LogP contribution in [0.1, 0.15) is 5.56 Å². The molecule has 1 N–H and O–H groups in total. The normalized spacial score (nSPS) is 11.2. The van der Waals surface area contributed by atoms with Gasteiger partial charge in [-0.25, -0.2) is 17.2 Å². The molecule has 0 unspecified atom stereocenters. The van der Waals surface area contributed by atoms with Crippen molar-refractivity contribution in [2.45, 2.75) is 5.75 Å². The van der Waals surface area contributed by atoms with Crippen LogP contribution in [0.2, 0.25) is 0 Å². The zero-order valence-electron chi connectivity index (χ0n) is 11.4. The number of hydrogen-bond donors (Lipinski definition) is 1. The average molecular weight is 325 g/mol. The van der Waals surface area contributed by atoms with Crippen molar-refractivity contribution in [3.63, 3.8) is 0 Å². The van der Waals surface area contributed by atoms with Gasteiger partial charge in [0.2, 0.25) is 5.91 Å². The predicted octanol–water partition coefficient (Wildman–Crippen LogP) is 2.52. The molecule has 0 aliphatic carbocycles. The lowest BCUT2D eigenvalue weighted by molar-refractivity contribution is -0.113. The number of benzene rings is 2. The molecule has 1 amide bonds. The number of nitrogens with one attached hydrogen (secondary N) is 1. The maximum absolute atomic E-state index is 13.4. The van der Waals surface area contributed by atoms with Gasteiger partial charge in [0.15, 0.2) is 9.84 Å². The minimum atomic E-state index is -3.86. The van der Waals surface area contributed by atoms with Gasteiger partial charge in [-0.1, -0.05) is 30.3 Å². The summed E-state index contributed by atoms with van der Waals surface area (Å²) in [5, 5.41) is 2.18. The highest BCUT2D eigenvalue weighted by atomic mass is 32.2. The summed E-state index contributed by atoms with van der Waals surface area (Å²) in [7, 11) is -3.86. The number of rotatable bonds is 5. The lowest BCUT2D eigenvalue weighted by atomic mass is 10.2. The molecule has 0 bridgehead atoms. The topological polar surface area (TPSA) is 63.2 Å². The number of halogens is 2. The quantitative estimate of drug-likeness (QED) is 0.919. The molecule has 7 heteroatoms. The third-order valence-electron chi connectivity index (χ3n) is 2.83. The number of amides is 1. The fraction of sp³-hybridized carbons (Fsp3) is 0.133. The van der Waals surface area contributed by atoms with E-state index in [1.807, 2.05) is 0 Å². The Morgan fingerprint density at radius 3 is 2.18 bits per heavy atom. The van der Waals surface area contributed by atoms with E-state index in [0.717, 1.165) is 12.1 Å². The third-order valence-corrected chi connectivity index (χ3v) is 4.29. The second-order valence-electron chi connectivity index (χ2n) is 4.65. The first-order chi connectivity index (χ1) is 10.4. The maximum Gasteiger partial charge on any atom is 0.239 e.